The van der Waals surface area contributed by atoms with E-state index in [4.69, 9.17) is 48.7 Å². The number of benzene rings is 17. The summed E-state index contributed by atoms with van der Waals surface area (Å²) in [7, 11) is 0. The largest absolute Gasteiger partial charge is 0.455 e. The predicted octanol–water partition coefficient (Wildman–Crippen LogP) is 27.6. The maximum absolute atomic E-state index is 6.75. The van der Waals surface area contributed by atoms with Crippen LogP contribution in [0.5, 0.6) is 0 Å². The van der Waals surface area contributed by atoms with Gasteiger partial charge in [0.1, 0.15) is 22.3 Å². The van der Waals surface area contributed by atoms with Gasteiger partial charge in [0.15, 0.2) is 34.9 Å². The number of hydrogen-bond donors (Lipinski definition) is 0. The Kier molecular flexibility index (Phi) is 16.3. The van der Waals surface area contributed by atoms with Crippen LogP contribution in [0.4, 0.5) is 0 Å². The van der Waals surface area contributed by atoms with Crippen LogP contribution in [0.3, 0.4) is 0 Å². The SMILES string of the molecule is c1ccc(-c2ccc(-c3nc(-c4ccccc4)nc(-c4ccc(-c5nc6ccc(-c7cc8ccccc8c8ccccc78)cc6c6oc7ccccc7c56)cc4)n3)cc2)cc1.c1ccc(-c2nc(-c3ccccc3)nc(-c3ccc(-c4nc5ccc(-c6cc7ccccc7c7ccccc67)cc5c5oc6ccccc6c45)cc3)n2)cc1. The second-order valence-corrected chi connectivity index (χ2v) is 29.2. The van der Waals surface area contributed by atoms with E-state index in [1.165, 1.54) is 54.2 Å². The van der Waals surface area contributed by atoms with Crippen LogP contribution < -0.4 is 0 Å². The fourth-order valence-corrected chi connectivity index (χ4v) is 16.5. The molecular weight excluding hydrogens is 1420 g/mol. The zero-order valence-electron chi connectivity index (χ0n) is 62.3. The molecule has 6 aromatic heterocycles. The summed E-state index contributed by atoms with van der Waals surface area (Å²) < 4.78 is 13.5. The number of aromatic nitrogens is 8. The first kappa shape index (κ1) is 67.1. The standard InChI is InChI=1S/C56H34N4O.C50H30N4O/c1-3-13-35(14-4-1)36-23-27-39(28-24-36)55-58-54(38-15-5-2-6-16-38)59-56(60-55)40-29-25-37(26-30-40)52-51-46-21-11-12-22-50(46)61-53(51)48-34-42(31-32-49(48)57-52)47-33-41-17-7-8-18-43(41)44-19-9-10-20-45(44)47;1-3-13-32(14-4-1)48-52-49(33-15-5-2-6-16-33)54-50(53-48)34-25-23-31(24-26-34)46-45-40-21-11-12-22-44(40)55-47(45)42-30-36(27-28-43(42)51-46)41-29-35-17-7-8-18-37(35)38-19-9-10-20-39(38)41/h1-34H;1-30H. The average molecular weight is 1480 g/mol. The molecule has 0 radical (unpaired) electrons. The average Bonchev–Trinajstić information content (AvgIpc) is 1.60. The molecule has 0 spiro atoms. The first-order chi connectivity index (χ1) is 57.5. The smallest absolute Gasteiger partial charge is 0.164 e. The number of pyridine rings is 2. The van der Waals surface area contributed by atoms with Crippen molar-refractivity contribution >= 4 is 109 Å². The lowest BCUT2D eigenvalue weighted by molar-refractivity contribution is 0.672. The van der Waals surface area contributed by atoms with E-state index < -0.39 is 0 Å². The van der Waals surface area contributed by atoms with Gasteiger partial charge in [-0.1, -0.05) is 340 Å². The van der Waals surface area contributed by atoms with E-state index in [2.05, 4.69) is 267 Å². The van der Waals surface area contributed by atoms with Gasteiger partial charge in [0.05, 0.1) is 33.2 Å². The number of para-hydroxylation sites is 2. The summed E-state index contributed by atoms with van der Waals surface area (Å²) in [5.74, 6) is 3.71. The van der Waals surface area contributed by atoms with E-state index in [1.54, 1.807) is 0 Å². The first-order valence-corrected chi connectivity index (χ1v) is 38.8. The van der Waals surface area contributed by atoms with E-state index in [0.29, 0.717) is 34.9 Å². The first-order valence-electron chi connectivity index (χ1n) is 38.8. The molecule has 0 aliphatic rings. The molecule has 540 valence electrons. The Balaban J connectivity index is 0.000000141. The molecule has 23 aromatic rings. The Morgan fingerprint density at radius 1 is 0.164 bits per heavy atom. The minimum absolute atomic E-state index is 0.599. The lowest BCUT2D eigenvalue weighted by Gasteiger charge is -2.13. The van der Waals surface area contributed by atoms with Crippen molar-refractivity contribution in [3.63, 3.8) is 0 Å². The van der Waals surface area contributed by atoms with Gasteiger partial charge in [-0.3, -0.25) is 0 Å². The van der Waals surface area contributed by atoms with Crippen molar-refractivity contribution in [1.29, 1.82) is 0 Å². The molecule has 10 heteroatoms. The summed E-state index contributed by atoms with van der Waals surface area (Å²) in [6, 6.07) is 134. The molecule has 0 atom stereocenters. The van der Waals surface area contributed by atoms with Gasteiger partial charge in [0.25, 0.3) is 0 Å². The van der Waals surface area contributed by atoms with Crippen LogP contribution >= 0.6 is 0 Å². The number of rotatable bonds is 11. The summed E-state index contributed by atoms with van der Waals surface area (Å²) in [6.07, 6.45) is 0. The summed E-state index contributed by atoms with van der Waals surface area (Å²) >= 11 is 0. The highest BCUT2D eigenvalue weighted by Crippen LogP contribution is 2.46. The maximum atomic E-state index is 6.75. The van der Waals surface area contributed by atoms with Crippen LogP contribution in [-0.4, -0.2) is 39.9 Å². The molecule has 0 aliphatic heterocycles. The molecule has 10 nitrogen and oxygen atoms in total. The zero-order chi connectivity index (χ0) is 76.6. The monoisotopic (exact) mass is 1480 g/mol. The van der Waals surface area contributed by atoms with Crippen molar-refractivity contribution in [2.45, 2.75) is 0 Å². The summed E-state index contributed by atoms with van der Waals surface area (Å²) in [5, 5.41) is 15.8. The van der Waals surface area contributed by atoms with Gasteiger partial charge < -0.3 is 8.83 Å². The van der Waals surface area contributed by atoms with Gasteiger partial charge in [-0.2, -0.15) is 0 Å². The van der Waals surface area contributed by atoms with Crippen molar-refractivity contribution in [3.8, 4) is 124 Å². The molecule has 17 aromatic carbocycles. The van der Waals surface area contributed by atoms with Crippen LogP contribution in [-0.2, 0) is 0 Å². The van der Waals surface area contributed by atoms with Gasteiger partial charge in [0, 0.05) is 66.1 Å². The second-order valence-electron chi connectivity index (χ2n) is 29.2. The fraction of sp³-hybridized carbons (Fsp3) is 0. The molecule has 6 heterocycles. The third kappa shape index (κ3) is 12.0. The molecule has 0 saturated carbocycles. The van der Waals surface area contributed by atoms with Gasteiger partial charge in [-0.15, -0.1) is 0 Å². The third-order valence-electron chi connectivity index (χ3n) is 22.2. The van der Waals surface area contributed by atoms with E-state index >= 15 is 0 Å². The van der Waals surface area contributed by atoms with Crippen molar-refractivity contribution in [1.82, 2.24) is 39.9 Å². The topological polar surface area (TPSA) is 129 Å². The highest BCUT2D eigenvalue weighted by molar-refractivity contribution is 6.23. The van der Waals surface area contributed by atoms with Gasteiger partial charge >= 0.3 is 0 Å². The maximum Gasteiger partial charge on any atom is 0.164 e. The van der Waals surface area contributed by atoms with E-state index in [0.717, 1.165) is 144 Å². The molecule has 0 N–H and O–H groups in total. The van der Waals surface area contributed by atoms with E-state index in [9.17, 15) is 0 Å². The second kappa shape index (κ2) is 28.2. The summed E-state index contributed by atoms with van der Waals surface area (Å²) in [5.41, 5.74) is 21.1. The molecule has 0 saturated heterocycles. The van der Waals surface area contributed by atoms with Crippen molar-refractivity contribution < 1.29 is 8.83 Å². The molecular formula is C106H64N8O2. The normalized spacial score (nSPS) is 11.6. The van der Waals surface area contributed by atoms with Crippen LogP contribution in [0.1, 0.15) is 0 Å². The van der Waals surface area contributed by atoms with E-state index in [-0.39, 0.29) is 0 Å². The molecule has 0 aliphatic carbocycles. The van der Waals surface area contributed by atoms with Crippen molar-refractivity contribution in [3.05, 3.63) is 388 Å². The lowest BCUT2D eigenvalue weighted by atomic mass is 9.92. The van der Waals surface area contributed by atoms with Crippen molar-refractivity contribution in [2.24, 2.45) is 0 Å². The fourth-order valence-electron chi connectivity index (χ4n) is 16.5. The zero-order valence-corrected chi connectivity index (χ0v) is 62.3. The Hall–Kier alpha value is -15.8. The lowest BCUT2D eigenvalue weighted by Crippen LogP contribution is -2.00. The molecule has 0 bridgehead atoms. The quantitative estimate of drug-likeness (QED) is 0.115. The van der Waals surface area contributed by atoms with Crippen LogP contribution in [0.15, 0.2) is 397 Å². The third-order valence-corrected chi connectivity index (χ3v) is 22.2. The Morgan fingerprint density at radius 3 is 0.784 bits per heavy atom. The van der Waals surface area contributed by atoms with Crippen LogP contribution in [0.25, 0.3) is 233 Å². The highest BCUT2D eigenvalue weighted by Gasteiger charge is 2.24. The Morgan fingerprint density at radius 2 is 0.422 bits per heavy atom. The summed E-state index contributed by atoms with van der Waals surface area (Å²) in [4.78, 5) is 40.5. The highest BCUT2D eigenvalue weighted by atomic mass is 16.3. The molecule has 23 rings (SSSR count). The van der Waals surface area contributed by atoms with Gasteiger partial charge in [-0.25, -0.2) is 39.9 Å². The number of hydrogen-bond acceptors (Lipinski definition) is 10. The van der Waals surface area contributed by atoms with Crippen molar-refractivity contribution in [2.75, 3.05) is 0 Å². The van der Waals surface area contributed by atoms with Gasteiger partial charge in [-0.05, 0) is 125 Å². The van der Waals surface area contributed by atoms with Gasteiger partial charge in [0.2, 0.25) is 0 Å². The number of fused-ring (bicyclic) bond motifs is 16. The number of furan rings is 2. The minimum Gasteiger partial charge on any atom is -0.455 e. The molecule has 116 heavy (non-hydrogen) atoms. The Bertz CT molecular complexity index is 7730. The van der Waals surface area contributed by atoms with Crippen LogP contribution in [0, 0.1) is 0 Å². The molecule has 0 fully saturated rings. The number of nitrogens with zero attached hydrogens (tertiary/aromatic N) is 8. The van der Waals surface area contributed by atoms with Crippen LogP contribution in [0.2, 0.25) is 0 Å². The molecule has 0 amide bonds. The molecule has 0 unspecified atom stereocenters. The Labute approximate surface area is 665 Å². The minimum atomic E-state index is 0.599. The predicted molar refractivity (Wildman–Crippen MR) is 475 cm³/mol. The summed E-state index contributed by atoms with van der Waals surface area (Å²) in [6.45, 7) is 0. The van der Waals surface area contributed by atoms with E-state index in [1.807, 2.05) is 121 Å².